The molecule has 0 saturated heterocycles. The molecule has 0 aromatic rings. The Balaban J connectivity index is 3.70. The van der Waals surface area contributed by atoms with E-state index in [0.717, 1.165) is 12.8 Å². The number of hydrogen-bond acceptors (Lipinski definition) is 4. The number of rotatable bonds is 5. The SMILES string of the molecule is CCCCOC(=O)C(C)NC(=O)OC. The smallest absolute Gasteiger partial charge is 0.407 e. The van der Waals surface area contributed by atoms with E-state index in [4.69, 9.17) is 4.74 Å². The van der Waals surface area contributed by atoms with Crippen molar-refractivity contribution < 1.29 is 19.1 Å². The Morgan fingerprint density at radius 1 is 1.43 bits per heavy atom. The molecule has 0 aromatic heterocycles. The molecule has 0 aliphatic rings. The number of alkyl carbamates (subject to hydrolysis) is 1. The van der Waals surface area contributed by atoms with Gasteiger partial charge in [0, 0.05) is 0 Å². The van der Waals surface area contributed by atoms with E-state index < -0.39 is 18.1 Å². The highest BCUT2D eigenvalue weighted by molar-refractivity contribution is 5.80. The van der Waals surface area contributed by atoms with Gasteiger partial charge in [0.1, 0.15) is 6.04 Å². The molecule has 0 saturated carbocycles. The highest BCUT2D eigenvalue weighted by Gasteiger charge is 2.16. The molecule has 5 heteroatoms. The summed E-state index contributed by atoms with van der Waals surface area (Å²) in [6.45, 7) is 3.94. The van der Waals surface area contributed by atoms with Crippen molar-refractivity contribution in [1.82, 2.24) is 5.32 Å². The summed E-state index contributed by atoms with van der Waals surface area (Å²) in [5.74, 6) is -0.441. The van der Waals surface area contributed by atoms with Crippen LogP contribution in [0, 0.1) is 0 Å². The number of ether oxygens (including phenoxy) is 2. The topological polar surface area (TPSA) is 64.6 Å². The van der Waals surface area contributed by atoms with Crippen molar-refractivity contribution >= 4 is 12.1 Å². The number of nitrogens with one attached hydrogen (secondary N) is 1. The predicted molar refractivity (Wildman–Crippen MR) is 50.9 cm³/mol. The second-order valence-corrected chi connectivity index (χ2v) is 2.88. The van der Waals surface area contributed by atoms with E-state index in [2.05, 4.69) is 10.1 Å². The van der Waals surface area contributed by atoms with Crippen molar-refractivity contribution in [3.63, 3.8) is 0 Å². The molecule has 82 valence electrons. The fourth-order valence-corrected chi connectivity index (χ4v) is 0.737. The van der Waals surface area contributed by atoms with Crippen LogP contribution >= 0.6 is 0 Å². The zero-order chi connectivity index (χ0) is 11.0. The van der Waals surface area contributed by atoms with Crippen molar-refractivity contribution in [1.29, 1.82) is 0 Å². The summed E-state index contributed by atoms with van der Waals surface area (Å²) < 4.78 is 9.22. The molecule has 1 atom stereocenters. The summed E-state index contributed by atoms with van der Waals surface area (Å²) in [7, 11) is 1.24. The maximum absolute atomic E-state index is 11.2. The largest absolute Gasteiger partial charge is 0.464 e. The van der Waals surface area contributed by atoms with E-state index in [-0.39, 0.29) is 0 Å². The van der Waals surface area contributed by atoms with Crippen LogP contribution in [0.3, 0.4) is 0 Å². The Morgan fingerprint density at radius 3 is 2.57 bits per heavy atom. The van der Waals surface area contributed by atoms with Crippen LogP contribution in [0.5, 0.6) is 0 Å². The van der Waals surface area contributed by atoms with Crippen LogP contribution < -0.4 is 5.32 Å². The molecule has 0 bridgehead atoms. The lowest BCUT2D eigenvalue weighted by molar-refractivity contribution is -0.145. The van der Waals surface area contributed by atoms with Crippen LogP contribution in [0.2, 0.25) is 0 Å². The van der Waals surface area contributed by atoms with Gasteiger partial charge in [0.2, 0.25) is 0 Å². The van der Waals surface area contributed by atoms with Crippen LogP contribution in [-0.4, -0.2) is 31.8 Å². The molecule has 0 radical (unpaired) electrons. The van der Waals surface area contributed by atoms with Crippen molar-refractivity contribution in [2.45, 2.75) is 32.7 Å². The van der Waals surface area contributed by atoms with Gasteiger partial charge in [-0.3, -0.25) is 0 Å². The van der Waals surface area contributed by atoms with E-state index >= 15 is 0 Å². The number of amides is 1. The number of hydrogen-bond donors (Lipinski definition) is 1. The van der Waals surface area contributed by atoms with E-state index in [1.54, 1.807) is 6.92 Å². The Labute approximate surface area is 83.8 Å². The first-order valence-electron chi connectivity index (χ1n) is 4.63. The first-order chi connectivity index (χ1) is 6.61. The monoisotopic (exact) mass is 203 g/mol. The Morgan fingerprint density at radius 2 is 2.07 bits per heavy atom. The van der Waals surface area contributed by atoms with Crippen LogP contribution in [0.25, 0.3) is 0 Å². The summed E-state index contributed by atoms with van der Waals surface area (Å²) >= 11 is 0. The first-order valence-corrected chi connectivity index (χ1v) is 4.63. The fraction of sp³-hybridized carbons (Fsp3) is 0.778. The summed E-state index contributed by atoms with van der Waals surface area (Å²) in [5.41, 5.74) is 0. The molecule has 0 aromatic carbocycles. The van der Waals surface area contributed by atoms with Gasteiger partial charge in [0.25, 0.3) is 0 Å². The number of unbranched alkanes of at least 4 members (excludes halogenated alkanes) is 1. The number of carbonyl (C=O) groups is 2. The van der Waals surface area contributed by atoms with E-state index in [1.165, 1.54) is 7.11 Å². The minimum absolute atomic E-state index is 0.391. The predicted octanol–water partition coefficient (Wildman–Crippen LogP) is 1.07. The van der Waals surface area contributed by atoms with Gasteiger partial charge in [-0.05, 0) is 13.3 Å². The fourth-order valence-electron chi connectivity index (χ4n) is 0.737. The Hall–Kier alpha value is -1.26. The number of esters is 1. The van der Waals surface area contributed by atoms with Crippen molar-refractivity contribution in [3.8, 4) is 0 Å². The lowest BCUT2D eigenvalue weighted by Gasteiger charge is -2.11. The molecule has 1 unspecified atom stereocenters. The molecule has 14 heavy (non-hydrogen) atoms. The lowest BCUT2D eigenvalue weighted by Crippen LogP contribution is -2.39. The molecular weight excluding hydrogens is 186 g/mol. The standard InChI is InChI=1S/C9H17NO4/c1-4-5-6-14-8(11)7(2)10-9(12)13-3/h7H,4-6H2,1-3H3,(H,10,12). The highest BCUT2D eigenvalue weighted by atomic mass is 16.5. The zero-order valence-corrected chi connectivity index (χ0v) is 8.83. The summed E-state index contributed by atoms with van der Waals surface area (Å²) in [4.78, 5) is 21.9. The normalized spacial score (nSPS) is 11.6. The van der Waals surface area contributed by atoms with Crippen molar-refractivity contribution in [3.05, 3.63) is 0 Å². The third-order valence-electron chi connectivity index (χ3n) is 1.62. The maximum Gasteiger partial charge on any atom is 0.407 e. The average Bonchev–Trinajstić information content (AvgIpc) is 2.17. The minimum atomic E-state index is -0.667. The van der Waals surface area contributed by atoms with E-state index in [0.29, 0.717) is 6.61 Å². The minimum Gasteiger partial charge on any atom is -0.464 e. The van der Waals surface area contributed by atoms with Gasteiger partial charge in [-0.15, -0.1) is 0 Å². The van der Waals surface area contributed by atoms with Gasteiger partial charge >= 0.3 is 12.1 Å². The number of methoxy groups -OCH3 is 1. The average molecular weight is 203 g/mol. The van der Waals surface area contributed by atoms with Crippen molar-refractivity contribution in [2.24, 2.45) is 0 Å². The molecule has 0 fully saturated rings. The molecule has 1 amide bonds. The quantitative estimate of drug-likeness (QED) is 0.536. The Kier molecular flexibility index (Phi) is 6.53. The van der Waals surface area contributed by atoms with Crippen LogP contribution in [0.15, 0.2) is 0 Å². The molecule has 0 spiro atoms. The number of carbonyl (C=O) groups excluding carboxylic acids is 2. The van der Waals surface area contributed by atoms with Gasteiger partial charge < -0.3 is 14.8 Å². The van der Waals surface area contributed by atoms with Gasteiger partial charge in [0.15, 0.2) is 0 Å². The first kappa shape index (κ1) is 12.7. The highest BCUT2D eigenvalue weighted by Crippen LogP contribution is 1.93. The molecule has 0 aliphatic carbocycles. The molecule has 5 nitrogen and oxygen atoms in total. The summed E-state index contributed by atoms with van der Waals surface area (Å²) in [5, 5.41) is 2.32. The van der Waals surface area contributed by atoms with Crippen molar-refractivity contribution in [2.75, 3.05) is 13.7 Å². The van der Waals surface area contributed by atoms with Crippen LogP contribution in [0.1, 0.15) is 26.7 Å². The van der Waals surface area contributed by atoms with Gasteiger partial charge in [0.05, 0.1) is 13.7 Å². The third kappa shape index (κ3) is 5.40. The molecule has 0 heterocycles. The van der Waals surface area contributed by atoms with Crippen LogP contribution in [-0.2, 0) is 14.3 Å². The summed E-state index contributed by atoms with van der Waals surface area (Å²) in [6, 6.07) is -0.667. The molecule has 0 rings (SSSR count). The maximum atomic E-state index is 11.2. The van der Waals surface area contributed by atoms with E-state index in [1.807, 2.05) is 6.92 Å². The van der Waals surface area contributed by atoms with Gasteiger partial charge in [-0.2, -0.15) is 0 Å². The molecular formula is C9H17NO4. The van der Waals surface area contributed by atoms with Gasteiger partial charge in [-0.25, -0.2) is 9.59 Å². The Bertz CT molecular complexity index is 193. The summed E-state index contributed by atoms with van der Waals surface area (Å²) in [6.07, 6.45) is 1.16. The zero-order valence-electron chi connectivity index (χ0n) is 8.83. The molecule has 1 N–H and O–H groups in total. The second kappa shape index (κ2) is 7.17. The van der Waals surface area contributed by atoms with Crippen LogP contribution in [0.4, 0.5) is 4.79 Å². The second-order valence-electron chi connectivity index (χ2n) is 2.88. The van der Waals surface area contributed by atoms with Gasteiger partial charge in [-0.1, -0.05) is 13.3 Å². The third-order valence-corrected chi connectivity index (χ3v) is 1.62. The molecule has 0 aliphatic heterocycles. The van der Waals surface area contributed by atoms with E-state index in [9.17, 15) is 9.59 Å². The lowest BCUT2D eigenvalue weighted by atomic mass is 10.3.